The molecule has 2 aromatic rings. The molecule has 0 aliphatic heterocycles. The van der Waals surface area contributed by atoms with Crippen LogP contribution in [0.15, 0.2) is 30.9 Å². The molecule has 98 valence electrons. The molecule has 0 saturated heterocycles. The van der Waals surface area contributed by atoms with Crippen molar-refractivity contribution >= 4 is 0 Å². The molecule has 0 bridgehead atoms. The van der Waals surface area contributed by atoms with Crippen molar-refractivity contribution in [3.05, 3.63) is 36.7 Å². The van der Waals surface area contributed by atoms with E-state index in [9.17, 15) is 0 Å². The quantitative estimate of drug-likeness (QED) is 0.805. The molecule has 5 nitrogen and oxygen atoms in total. The lowest BCUT2D eigenvalue weighted by molar-refractivity contribution is 0.446. The van der Waals surface area contributed by atoms with Gasteiger partial charge >= 0.3 is 0 Å². The lowest BCUT2D eigenvalue weighted by Gasteiger charge is -2.14. The van der Waals surface area contributed by atoms with Crippen molar-refractivity contribution in [2.24, 2.45) is 0 Å². The van der Waals surface area contributed by atoms with Crippen molar-refractivity contribution in [2.45, 2.75) is 39.4 Å². The second kappa shape index (κ2) is 6.35. The lowest BCUT2D eigenvalue weighted by Crippen LogP contribution is -2.30. The summed E-state index contributed by atoms with van der Waals surface area (Å²) in [7, 11) is 0. The first-order valence-electron chi connectivity index (χ1n) is 6.44. The van der Waals surface area contributed by atoms with Crippen LogP contribution in [0.25, 0.3) is 0 Å². The minimum absolute atomic E-state index is 0.498. The third-order valence-corrected chi connectivity index (χ3v) is 3.12. The maximum atomic E-state index is 4.21. The van der Waals surface area contributed by atoms with Gasteiger partial charge < -0.3 is 9.88 Å². The van der Waals surface area contributed by atoms with Crippen molar-refractivity contribution in [3.8, 4) is 0 Å². The summed E-state index contributed by atoms with van der Waals surface area (Å²) in [6.45, 7) is 7.14. The predicted octanol–water partition coefficient (Wildman–Crippen LogP) is 1.46. The van der Waals surface area contributed by atoms with E-state index in [-0.39, 0.29) is 0 Å². The number of imidazole rings is 1. The Balaban J connectivity index is 1.63. The van der Waals surface area contributed by atoms with Gasteiger partial charge in [-0.2, -0.15) is 5.10 Å². The van der Waals surface area contributed by atoms with Gasteiger partial charge in [-0.15, -0.1) is 0 Å². The van der Waals surface area contributed by atoms with E-state index < -0.39 is 0 Å². The third-order valence-electron chi connectivity index (χ3n) is 3.12. The topological polar surface area (TPSA) is 47.7 Å². The zero-order valence-electron chi connectivity index (χ0n) is 11.1. The van der Waals surface area contributed by atoms with Crippen LogP contribution in [0.2, 0.25) is 0 Å². The molecule has 1 atom stereocenters. The fraction of sp³-hybridized carbons (Fsp3) is 0.538. The Morgan fingerprint density at radius 1 is 1.28 bits per heavy atom. The molecule has 2 rings (SSSR count). The summed E-state index contributed by atoms with van der Waals surface area (Å²) < 4.78 is 4.13. The highest BCUT2D eigenvalue weighted by atomic mass is 15.3. The first-order chi connectivity index (χ1) is 8.75. The Morgan fingerprint density at radius 2 is 2.17 bits per heavy atom. The lowest BCUT2D eigenvalue weighted by atomic mass is 10.2. The maximum absolute atomic E-state index is 4.21. The van der Waals surface area contributed by atoms with Crippen LogP contribution in [-0.4, -0.2) is 31.9 Å². The zero-order valence-corrected chi connectivity index (χ0v) is 11.1. The summed E-state index contributed by atoms with van der Waals surface area (Å²) in [5.74, 6) is 1.07. The Labute approximate surface area is 108 Å². The number of hydrogen-bond acceptors (Lipinski definition) is 3. The van der Waals surface area contributed by atoms with E-state index >= 15 is 0 Å². The molecule has 18 heavy (non-hydrogen) atoms. The molecule has 0 radical (unpaired) electrons. The monoisotopic (exact) mass is 247 g/mol. The molecular formula is C13H21N5. The highest BCUT2D eigenvalue weighted by molar-refractivity contribution is 4.88. The van der Waals surface area contributed by atoms with E-state index in [4.69, 9.17) is 0 Å². The number of aryl methyl sites for hydroxylation is 2. The minimum atomic E-state index is 0.498. The Morgan fingerprint density at radius 3 is 2.83 bits per heavy atom. The minimum Gasteiger partial charge on any atom is -0.334 e. The Hall–Kier alpha value is -1.62. The van der Waals surface area contributed by atoms with Crippen LogP contribution in [0.4, 0.5) is 0 Å². The first kappa shape index (κ1) is 12.8. The highest BCUT2D eigenvalue weighted by Crippen LogP contribution is 1.97. The molecular weight excluding hydrogens is 226 g/mol. The van der Waals surface area contributed by atoms with E-state index in [2.05, 4.69) is 26.9 Å². The summed E-state index contributed by atoms with van der Waals surface area (Å²) in [4.78, 5) is 4.21. The normalized spacial score (nSPS) is 12.8. The molecule has 0 aliphatic carbocycles. The van der Waals surface area contributed by atoms with Crippen molar-refractivity contribution in [2.75, 3.05) is 6.54 Å². The summed E-state index contributed by atoms with van der Waals surface area (Å²) in [5.41, 5.74) is 0. The molecule has 2 aromatic heterocycles. The van der Waals surface area contributed by atoms with Crippen LogP contribution in [-0.2, 0) is 13.1 Å². The Kier molecular flexibility index (Phi) is 4.52. The van der Waals surface area contributed by atoms with E-state index in [1.54, 1.807) is 0 Å². The van der Waals surface area contributed by atoms with Gasteiger partial charge in [0.1, 0.15) is 5.82 Å². The SMILES string of the molecule is Cc1nccn1CCN[C@H](C)CCn1cccn1. The number of rotatable bonds is 7. The van der Waals surface area contributed by atoms with Crippen LogP contribution >= 0.6 is 0 Å². The molecule has 0 unspecified atom stereocenters. The fourth-order valence-electron chi connectivity index (χ4n) is 1.93. The van der Waals surface area contributed by atoms with Gasteiger partial charge in [0.2, 0.25) is 0 Å². The van der Waals surface area contributed by atoms with E-state index in [0.717, 1.165) is 31.9 Å². The molecule has 0 fully saturated rings. The van der Waals surface area contributed by atoms with E-state index in [1.165, 1.54) is 0 Å². The third kappa shape index (κ3) is 3.70. The molecule has 0 saturated carbocycles. The number of nitrogens with one attached hydrogen (secondary N) is 1. The molecule has 0 spiro atoms. The van der Waals surface area contributed by atoms with Gasteiger partial charge in [-0.1, -0.05) is 0 Å². The molecule has 5 heteroatoms. The van der Waals surface area contributed by atoms with Gasteiger partial charge in [-0.25, -0.2) is 4.98 Å². The fourth-order valence-corrected chi connectivity index (χ4v) is 1.93. The van der Waals surface area contributed by atoms with Crippen molar-refractivity contribution < 1.29 is 0 Å². The van der Waals surface area contributed by atoms with E-state index in [1.807, 2.05) is 42.5 Å². The summed E-state index contributed by atoms with van der Waals surface area (Å²) >= 11 is 0. The average molecular weight is 247 g/mol. The largest absolute Gasteiger partial charge is 0.334 e. The van der Waals surface area contributed by atoms with Crippen LogP contribution in [0.3, 0.4) is 0 Å². The molecule has 0 amide bonds. The van der Waals surface area contributed by atoms with Gasteiger partial charge in [0.15, 0.2) is 0 Å². The zero-order chi connectivity index (χ0) is 12.8. The van der Waals surface area contributed by atoms with Crippen molar-refractivity contribution in [3.63, 3.8) is 0 Å². The van der Waals surface area contributed by atoms with Crippen LogP contribution in [0.1, 0.15) is 19.2 Å². The Bertz CT molecular complexity index is 446. The van der Waals surface area contributed by atoms with Crippen LogP contribution in [0, 0.1) is 6.92 Å². The first-order valence-corrected chi connectivity index (χ1v) is 6.44. The summed E-state index contributed by atoms with van der Waals surface area (Å²) in [6.07, 6.45) is 8.77. The van der Waals surface area contributed by atoms with E-state index in [0.29, 0.717) is 6.04 Å². The van der Waals surface area contributed by atoms with Gasteiger partial charge in [0.25, 0.3) is 0 Å². The van der Waals surface area contributed by atoms with Gasteiger partial charge in [0, 0.05) is 50.5 Å². The molecule has 0 aromatic carbocycles. The molecule has 2 heterocycles. The second-order valence-corrected chi connectivity index (χ2v) is 4.58. The predicted molar refractivity (Wildman–Crippen MR) is 71.3 cm³/mol. The standard InChI is InChI=1S/C13H21N5/c1-12(4-9-18-8-3-5-16-18)14-6-10-17-11-7-15-13(17)2/h3,5,7-8,11-12,14H,4,6,9-10H2,1-2H3/t12-/m1/s1. The highest BCUT2D eigenvalue weighted by Gasteiger charge is 2.02. The number of nitrogens with zero attached hydrogens (tertiary/aromatic N) is 4. The van der Waals surface area contributed by atoms with Gasteiger partial charge in [-0.3, -0.25) is 4.68 Å². The van der Waals surface area contributed by atoms with Gasteiger partial charge in [-0.05, 0) is 26.3 Å². The van der Waals surface area contributed by atoms with Crippen molar-refractivity contribution in [1.82, 2.24) is 24.6 Å². The van der Waals surface area contributed by atoms with Crippen LogP contribution in [0.5, 0.6) is 0 Å². The number of aromatic nitrogens is 4. The maximum Gasteiger partial charge on any atom is 0.105 e. The van der Waals surface area contributed by atoms with Crippen molar-refractivity contribution in [1.29, 1.82) is 0 Å². The second-order valence-electron chi connectivity index (χ2n) is 4.58. The summed E-state index contributed by atoms with van der Waals surface area (Å²) in [5, 5.41) is 7.72. The van der Waals surface area contributed by atoms with Crippen LogP contribution < -0.4 is 5.32 Å². The average Bonchev–Trinajstić information content (AvgIpc) is 2.99. The summed E-state index contributed by atoms with van der Waals surface area (Å²) in [6, 6.07) is 2.46. The smallest absolute Gasteiger partial charge is 0.105 e. The number of hydrogen-bond donors (Lipinski definition) is 1. The molecule has 0 aliphatic rings. The van der Waals surface area contributed by atoms with Gasteiger partial charge in [0.05, 0.1) is 0 Å². The molecule has 1 N–H and O–H groups in total.